The summed E-state index contributed by atoms with van der Waals surface area (Å²) in [6.45, 7) is 0. The Hall–Kier alpha value is -1.85. The van der Waals surface area contributed by atoms with Crippen LogP contribution < -0.4 is 5.73 Å². The maximum absolute atomic E-state index is 10.2. The van der Waals surface area contributed by atoms with E-state index in [2.05, 4.69) is 4.42 Å². The summed E-state index contributed by atoms with van der Waals surface area (Å²) in [5.41, 5.74) is 6.52. The Kier molecular flexibility index (Phi) is 1.59. The number of amides is 1. The van der Waals surface area contributed by atoms with Crippen molar-refractivity contribution in [3.8, 4) is 0 Å². The third-order valence-corrected chi connectivity index (χ3v) is 0.996. The number of rotatable bonds is 2. The second kappa shape index (κ2) is 2.41. The van der Waals surface area contributed by atoms with Crippen molar-refractivity contribution in [2.24, 2.45) is 0 Å². The number of nitrogens with zero attached hydrogens (tertiary/aromatic N) is 1. The summed E-state index contributed by atoms with van der Waals surface area (Å²) in [4.78, 5) is 19.4. The van der Waals surface area contributed by atoms with Gasteiger partial charge in [-0.05, 0) is 6.07 Å². The van der Waals surface area contributed by atoms with Gasteiger partial charge in [0.15, 0.2) is 0 Å². The first-order chi connectivity index (χ1) is 5.11. The van der Waals surface area contributed by atoms with Gasteiger partial charge in [0.2, 0.25) is 5.76 Å². The van der Waals surface area contributed by atoms with Crippen molar-refractivity contribution >= 4 is 11.8 Å². The first kappa shape index (κ1) is 7.26. The summed E-state index contributed by atoms with van der Waals surface area (Å²) in [7, 11) is 0. The van der Waals surface area contributed by atoms with Crippen LogP contribution in [-0.2, 0) is 0 Å². The Morgan fingerprint density at radius 1 is 1.64 bits per heavy atom. The molecule has 0 fully saturated rings. The quantitative estimate of drug-likeness (QED) is 0.461. The SMILES string of the molecule is [NH]C(=O)c1ccc([N+](=O)[O-])o1. The van der Waals surface area contributed by atoms with Crippen LogP contribution in [-0.4, -0.2) is 10.8 Å². The minimum absolute atomic E-state index is 0.322. The second-order valence-electron chi connectivity index (χ2n) is 1.72. The predicted octanol–water partition coefficient (Wildman–Crippen LogP) is 0.611. The minimum atomic E-state index is -1.07. The standard InChI is InChI=1S/C5H3N2O4/c6-5(8)3-1-2-4(11-3)7(9)10/h1-2,6H. The number of carbonyl (C=O) groups is 1. The molecule has 0 bridgehead atoms. The van der Waals surface area contributed by atoms with E-state index in [4.69, 9.17) is 5.73 Å². The zero-order valence-electron chi connectivity index (χ0n) is 5.23. The molecular weight excluding hydrogens is 152 g/mol. The van der Waals surface area contributed by atoms with E-state index < -0.39 is 16.7 Å². The van der Waals surface area contributed by atoms with Gasteiger partial charge in [-0.1, -0.05) is 0 Å². The normalized spacial score (nSPS) is 9.45. The number of nitro groups is 1. The van der Waals surface area contributed by atoms with E-state index in [-0.39, 0.29) is 5.76 Å². The average molecular weight is 155 g/mol. The smallest absolute Gasteiger partial charge is 0.395 e. The first-order valence-electron chi connectivity index (χ1n) is 2.61. The first-order valence-corrected chi connectivity index (χ1v) is 2.61. The third kappa shape index (κ3) is 1.34. The molecule has 1 N–H and O–H groups in total. The molecule has 0 aliphatic heterocycles. The van der Waals surface area contributed by atoms with Crippen LogP contribution in [0.25, 0.3) is 0 Å². The molecule has 1 heterocycles. The Morgan fingerprint density at radius 2 is 2.27 bits per heavy atom. The van der Waals surface area contributed by atoms with Crippen LogP contribution in [0.4, 0.5) is 5.88 Å². The molecule has 0 aromatic carbocycles. The lowest BCUT2D eigenvalue weighted by Crippen LogP contribution is -1.95. The Morgan fingerprint density at radius 3 is 2.55 bits per heavy atom. The molecule has 6 heteroatoms. The van der Waals surface area contributed by atoms with Gasteiger partial charge in [-0.3, -0.25) is 20.6 Å². The van der Waals surface area contributed by atoms with Gasteiger partial charge in [-0.25, -0.2) is 0 Å². The summed E-state index contributed by atoms with van der Waals surface area (Å²) in [6.07, 6.45) is 0. The highest BCUT2D eigenvalue weighted by atomic mass is 16.6. The van der Waals surface area contributed by atoms with Crippen LogP contribution in [0.2, 0.25) is 0 Å². The van der Waals surface area contributed by atoms with Crippen molar-refractivity contribution in [2.45, 2.75) is 0 Å². The highest BCUT2D eigenvalue weighted by molar-refractivity contribution is 5.89. The zero-order chi connectivity index (χ0) is 8.43. The van der Waals surface area contributed by atoms with Crippen LogP contribution >= 0.6 is 0 Å². The van der Waals surface area contributed by atoms with E-state index >= 15 is 0 Å². The Balaban J connectivity index is 2.99. The zero-order valence-corrected chi connectivity index (χ0v) is 5.23. The van der Waals surface area contributed by atoms with Crippen LogP contribution in [0.3, 0.4) is 0 Å². The molecular formula is C5H3N2O4. The van der Waals surface area contributed by atoms with Crippen molar-refractivity contribution in [3.05, 3.63) is 28.0 Å². The lowest BCUT2D eigenvalue weighted by Gasteiger charge is -1.82. The van der Waals surface area contributed by atoms with E-state index in [0.717, 1.165) is 12.1 Å². The van der Waals surface area contributed by atoms with Gasteiger partial charge in [0.1, 0.15) is 4.92 Å². The van der Waals surface area contributed by atoms with Crippen LogP contribution in [0.15, 0.2) is 16.5 Å². The van der Waals surface area contributed by atoms with Crippen molar-refractivity contribution in [1.82, 2.24) is 5.73 Å². The fraction of sp³-hybridized carbons (Fsp3) is 0. The van der Waals surface area contributed by atoms with Crippen molar-refractivity contribution in [3.63, 3.8) is 0 Å². The van der Waals surface area contributed by atoms with Gasteiger partial charge in [-0.15, -0.1) is 0 Å². The van der Waals surface area contributed by atoms with E-state index in [1.165, 1.54) is 0 Å². The summed E-state index contributed by atoms with van der Waals surface area (Å²) in [5.74, 6) is -1.92. The lowest BCUT2D eigenvalue weighted by molar-refractivity contribution is -0.402. The second-order valence-corrected chi connectivity index (χ2v) is 1.72. The molecule has 1 aromatic heterocycles. The van der Waals surface area contributed by atoms with Gasteiger partial charge < -0.3 is 4.42 Å². The van der Waals surface area contributed by atoms with Crippen LogP contribution in [0.1, 0.15) is 10.6 Å². The maximum atomic E-state index is 10.2. The molecule has 0 atom stereocenters. The average Bonchev–Trinajstić information content (AvgIpc) is 2.33. The molecule has 0 unspecified atom stereocenters. The fourth-order valence-electron chi connectivity index (χ4n) is 0.548. The van der Waals surface area contributed by atoms with Crippen molar-refractivity contribution in [2.75, 3.05) is 0 Å². The maximum Gasteiger partial charge on any atom is 0.433 e. The van der Waals surface area contributed by atoms with Gasteiger partial charge in [-0.2, -0.15) is 0 Å². The van der Waals surface area contributed by atoms with E-state index in [1.807, 2.05) is 0 Å². The number of nitrogens with one attached hydrogen (secondary N) is 1. The number of hydrogen-bond acceptors (Lipinski definition) is 4. The van der Waals surface area contributed by atoms with Crippen LogP contribution in [0, 0.1) is 10.1 Å². The monoisotopic (exact) mass is 155 g/mol. The fourth-order valence-corrected chi connectivity index (χ4v) is 0.548. The molecule has 0 aliphatic carbocycles. The summed E-state index contributed by atoms with van der Waals surface area (Å²) >= 11 is 0. The minimum Gasteiger partial charge on any atom is -0.395 e. The van der Waals surface area contributed by atoms with E-state index in [0.29, 0.717) is 0 Å². The molecule has 0 spiro atoms. The molecule has 1 rings (SSSR count). The molecule has 57 valence electrons. The Labute approximate surface area is 60.7 Å². The van der Waals surface area contributed by atoms with Gasteiger partial charge in [0.25, 0.3) is 0 Å². The summed E-state index contributed by atoms with van der Waals surface area (Å²) < 4.78 is 4.37. The molecule has 0 saturated heterocycles. The molecule has 11 heavy (non-hydrogen) atoms. The molecule has 1 radical (unpaired) electrons. The topological polar surface area (TPSA) is 97.2 Å². The molecule has 6 nitrogen and oxygen atoms in total. The van der Waals surface area contributed by atoms with E-state index in [9.17, 15) is 14.9 Å². The van der Waals surface area contributed by atoms with Crippen LogP contribution in [0.5, 0.6) is 0 Å². The predicted molar refractivity (Wildman–Crippen MR) is 32.8 cm³/mol. The van der Waals surface area contributed by atoms with Gasteiger partial charge >= 0.3 is 11.8 Å². The molecule has 0 saturated carbocycles. The number of furan rings is 1. The number of carbonyl (C=O) groups excluding carboxylic acids is 1. The van der Waals surface area contributed by atoms with Gasteiger partial charge in [0, 0.05) is 0 Å². The van der Waals surface area contributed by atoms with Crippen molar-refractivity contribution in [1.29, 1.82) is 0 Å². The largest absolute Gasteiger partial charge is 0.433 e. The number of hydrogen-bond donors (Lipinski definition) is 0. The molecule has 1 aromatic rings. The highest BCUT2D eigenvalue weighted by Gasteiger charge is 2.14. The summed E-state index contributed by atoms with van der Waals surface area (Å²) in [6, 6.07) is 2.12. The van der Waals surface area contributed by atoms with Crippen molar-refractivity contribution < 1.29 is 14.1 Å². The highest BCUT2D eigenvalue weighted by Crippen LogP contribution is 2.14. The lowest BCUT2D eigenvalue weighted by atomic mass is 10.4. The van der Waals surface area contributed by atoms with Gasteiger partial charge in [0.05, 0.1) is 6.07 Å². The third-order valence-electron chi connectivity index (χ3n) is 0.996. The molecule has 0 aliphatic rings. The Bertz CT molecular complexity index is 275. The molecule has 1 amide bonds. The summed E-state index contributed by atoms with van der Waals surface area (Å²) in [5, 5.41) is 9.98. The van der Waals surface area contributed by atoms with E-state index in [1.54, 1.807) is 0 Å².